The second-order valence-corrected chi connectivity index (χ2v) is 7.58. The van der Waals surface area contributed by atoms with Gasteiger partial charge in [0.05, 0.1) is 12.7 Å². The van der Waals surface area contributed by atoms with Gasteiger partial charge in [-0.3, -0.25) is 4.79 Å². The normalized spacial score (nSPS) is 13.2. The van der Waals surface area contributed by atoms with Crippen LogP contribution in [-0.2, 0) is 19.3 Å². The summed E-state index contributed by atoms with van der Waals surface area (Å²) in [4.78, 5) is 14.3. The fourth-order valence-corrected chi connectivity index (χ4v) is 4.70. The predicted molar refractivity (Wildman–Crippen MR) is 103 cm³/mol. The molecule has 1 amide bonds. The lowest BCUT2D eigenvalue weighted by Gasteiger charge is -2.13. The van der Waals surface area contributed by atoms with E-state index in [-0.39, 0.29) is 5.91 Å². The number of carbonyl (C=O) groups excluding carboxylic acids is 1. The Morgan fingerprint density at radius 1 is 1.26 bits per heavy atom. The van der Waals surface area contributed by atoms with E-state index < -0.39 is 0 Å². The number of rotatable bonds is 6. The molecular formula is C19H21N5O2S. The Labute approximate surface area is 161 Å². The molecule has 1 aromatic carbocycles. The van der Waals surface area contributed by atoms with Gasteiger partial charge in [0.1, 0.15) is 17.1 Å². The maximum absolute atomic E-state index is 13.0. The van der Waals surface area contributed by atoms with Crippen molar-refractivity contribution in [1.82, 2.24) is 25.5 Å². The summed E-state index contributed by atoms with van der Waals surface area (Å²) in [6.45, 7) is 0.574. The number of tetrazole rings is 1. The Balaban J connectivity index is 1.50. The smallest absolute Gasteiger partial charge is 0.254 e. The number of benzene rings is 1. The first-order valence-electron chi connectivity index (χ1n) is 9.05. The van der Waals surface area contributed by atoms with Crippen LogP contribution in [0.25, 0.3) is 5.00 Å². The molecule has 3 aromatic rings. The zero-order valence-corrected chi connectivity index (χ0v) is 16.0. The summed E-state index contributed by atoms with van der Waals surface area (Å²) < 4.78 is 6.77. The van der Waals surface area contributed by atoms with Crippen molar-refractivity contribution in [3.05, 3.63) is 52.2 Å². The number of hydrogen-bond donors (Lipinski definition) is 1. The molecule has 7 nitrogen and oxygen atoms in total. The van der Waals surface area contributed by atoms with Gasteiger partial charge in [-0.05, 0) is 65.8 Å². The van der Waals surface area contributed by atoms with Gasteiger partial charge < -0.3 is 10.1 Å². The van der Waals surface area contributed by atoms with Crippen LogP contribution in [0.3, 0.4) is 0 Å². The molecule has 0 saturated carbocycles. The number of ether oxygens (including phenoxy) is 1. The van der Waals surface area contributed by atoms with Crippen LogP contribution in [0, 0.1) is 0 Å². The lowest BCUT2D eigenvalue weighted by molar-refractivity contribution is 0.0953. The molecule has 1 aliphatic carbocycles. The summed E-state index contributed by atoms with van der Waals surface area (Å²) in [5.74, 6) is 0.784. The van der Waals surface area contributed by atoms with Crippen molar-refractivity contribution in [2.75, 3.05) is 13.7 Å². The number of methoxy groups -OCH3 is 1. The summed E-state index contributed by atoms with van der Waals surface area (Å²) in [5, 5.41) is 15.3. The van der Waals surface area contributed by atoms with E-state index in [4.69, 9.17) is 4.74 Å². The third-order valence-corrected chi connectivity index (χ3v) is 6.08. The molecule has 0 spiro atoms. The molecule has 2 heterocycles. The molecular weight excluding hydrogens is 362 g/mol. The van der Waals surface area contributed by atoms with Crippen LogP contribution < -0.4 is 10.1 Å². The molecule has 1 aliphatic rings. The Bertz CT molecular complexity index is 918. The van der Waals surface area contributed by atoms with Gasteiger partial charge in [0.15, 0.2) is 0 Å². The number of nitrogens with zero attached hydrogens (tertiary/aromatic N) is 4. The summed E-state index contributed by atoms with van der Waals surface area (Å²) in [5.41, 5.74) is 3.06. The molecule has 8 heteroatoms. The van der Waals surface area contributed by atoms with Crippen LogP contribution in [0.4, 0.5) is 0 Å². The van der Waals surface area contributed by atoms with Gasteiger partial charge in [-0.15, -0.1) is 16.4 Å². The summed E-state index contributed by atoms with van der Waals surface area (Å²) >= 11 is 1.63. The van der Waals surface area contributed by atoms with Crippen molar-refractivity contribution in [1.29, 1.82) is 0 Å². The molecule has 4 rings (SSSR count). The number of carbonyl (C=O) groups is 1. The first kappa shape index (κ1) is 17.7. The average Bonchev–Trinajstić information content (AvgIpc) is 3.36. The third-order valence-electron chi connectivity index (χ3n) is 4.80. The largest absolute Gasteiger partial charge is 0.497 e. The second kappa shape index (κ2) is 7.87. The molecule has 0 fully saturated rings. The Kier molecular flexibility index (Phi) is 5.15. The summed E-state index contributed by atoms with van der Waals surface area (Å²) in [7, 11) is 1.65. The van der Waals surface area contributed by atoms with Gasteiger partial charge in [-0.1, -0.05) is 12.1 Å². The highest BCUT2D eigenvalue weighted by Crippen LogP contribution is 2.36. The van der Waals surface area contributed by atoms with Crippen molar-refractivity contribution in [3.63, 3.8) is 0 Å². The van der Waals surface area contributed by atoms with Crippen molar-refractivity contribution in [2.24, 2.45) is 0 Å². The topological polar surface area (TPSA) is 81.9 Å². The van der Waals surface area contributed by atoms with E-state index in [1.807, 2.05) is 24.3 Å². The highest BCUT2D eigenvalue weighted by molar-refractivity contribution is 7.15. The highest BCUT2D eigenvalue weighted by Gasteiger charge is 2.26. The van der Waals surface area contributed by atoms with Crippen LogP contribution in [-0.4, -0.2) is 39.8 Å². The van der Waals surface area contributed by atoms with Crippen LogP contribution in [0.15, 0.2) is 30.6 Å². The molecule has 140 valence electrons. The van der Waals surface area contributed by atoms with E-state index in [9.17, 15) is 4.79 Å². The molecule has 27 heavy (non-hydrogen) atoms. The zero-order chi connectivity index (χ0) is 18.6. The number of aryl methyl sites for hydroxylation is 1. The molecule has 0 saturated heterocycles. The minimum atomic E-state index is -0.0478. The van der Waals surface area contributed by atoms with E-state index >= 15 is 0 Å². The van der Waals surface area contributed by atoms with E-state index in [1.54, 1.807) is 29.5 Å². The fraction of sp³-hybridized carbons (Fsp3) is 0.368. The number of amides is 1. The molecule has 0 atom stereocenters. The SMILES string of the molecule is COc1ccc(CCNC(=O)c2c(-n3cnnn3)sc3c2CCCC3)cc1. The Hall–Kier alpha value is -2.74. The number of aromatic nitrogens is 4. The van der Waals surface area contributed by atoms with Gasteiger partial charge >= 0.3 is 0 Å². The Morgan fingerprint density at radius 2 is 2.07 bits per heavy atom. The van der Waals surface area contributed by atoms with Crippen LogP contribution in [0.1, 0.15) is 39.2 Å². The zero-order valence-electron chi connectivity index (χ0n) is 15.1. The minimum absolute atomic E-state index is 0.0478. The van der Waals surface area contributed by atoms with E-state index in [0.29, 0.717) is 6.54 Å². The number of fused-ring (bicyclic) bond motifs is 1. The quantitative estimate of drug-likeness (QED) is 0.707. The molecule has 2 aromatic heterocycles. The monoisotopic (exact) mass is 383 g/mol. The minimum Gasteiger partial charge on any atom is -0.497 e. The van der Waals surface area contributed by atoms with E-state index in [1.165, 1.54) is 16.9 Å². The molecule has 0 bridgehead atoms. The van der Waals surface area contributed by atoms with Crippen LogP contribution in [0.5, 0.6) is 5.75 Å². The highest BCUT2D eigenvalue weighted by atomic mass is 32.1. The number of hydrogen-bond acceptors (Lipinski definition) is 6. The standard InChI is InChI=1S/C19H21N5O2S/c1-26-14-8-6-13(7-9-14)10-11-20-18(25)17-15-4-2-3-5-16(15)27-19(17)24-12-21-22-23-24/h6-9,12H,2-5,10-11H2,1H3,(H,20,25). The van der Waals surface area contributed by atoms with Crippen molar-refractivity contribution < 1.29 is 9.53 Å². The van der Waals surface area contributed by atoms with Crippen molar-refractivity contribution >= 4 is 17.2 Å². The van der Waals surface area contributed by atoms with E-state index in [2.05, 4.69) is 20.8 Å². The third kappa shape index (κ3) is 3.71. The van der Waals surface area contributed by atoms with Gasteiger partial charge in [-0.2, -0.15) is 4.68 Å². The lowest BCUT2D eigenvalue weighted by atomic mass is 9.95. The number of nitrogens with one attached hydrogen (secondary N) is 1. The molecule has 0 aliphatic heterocycles. The van der Waals surface area contributed by atoms with Gasteiger partial charge in [0, 0.05) is 11.4 Å². The maximum atomic E-state index is 13.0. The Morgan fingerprint density at radius 3 is 2.81 bits per heavy atom. The first-order chi connectivity index (χ1) is 13.3. The van der Waals surface area contributed by atoms with Gasteiger partial charge in [-0.25, -0.2) is 0 Å². The van der Waals surface area contributed by atoms with Crippen molar-refractivity contribution in [2.45, 2.75) is 32.1 Å². The average molecular weight is 383 g/mol. The second-order valence-electron chi connectivity index (χ2n) is 6.50. The van der Waals surface area contributed by atoms with Gasteiger partial charge in [0.2, 0.25) is 0 Å². The molecule has 0 radical (unpaired) electrons. The maximum Gasteiger partial charge on any atom is 0.254 e. The summed E-state index contributed by atoms with van der Waals surface area (Å²) in [6, 6.07) is 7.90. The van der Waals surface area contributed by atoms with E-state index in [0.717, 1.165) is 47.6 Å². The molecule has 1 N–H and O–H groups in total. The predicted octanol–water partition coefficient (Wildman–Crippen LogP) is 2.58. The lowest BCUT2D eigenvalue weighted by Crippen LogP contribution is -2.27. The first-order valence-corrected chi connectivity index (χ1v) is 9.87. The fourth-order valence-electron chi connectivity index (χ4n) is 3.40. The van der Waals surface area contributed by atoms with Crippen molar-refractivity contribution in [3.8, 4) is 10.8 Å². The van der Waals surface area contributed by atoms with Crippen LogP contribution in [0.2, 0.25) is 0 Å². The number of thiophene rings is 1. The van der Waals surface area contributed by atoms with Gasteiger partial charge in [0.25, 0.3) is 5.91 Å². The summed E-state index contributed by atoms with van der Waals surface area (Å²) in [6.07, 6.45) is 6.56. The molecule has 0 unspecified atom stereocenters. The van der Waals surface area contributed by atoms with Crippen LogP contribution >= 0.6 is 11.3 Å².